The Hall–Kier alpha value is -9.66. The third-order valence-corrected chi connectivity index (χ3v) is 34.8. The van der Waals surface area contributed by atoms with Gasteiger partial charge in [-0.05, 0) is 174 Å². The molecule has 12 aromatic rings. The Labute approximate surface area is 944 Å². The number of rotatable bonds is 18. The Balaban J connectivity index is 0.000000280. The fourth-order valence-corrected chi connectivity index (χ4v) is 24.7. The summed E-state index contributed by atoms with van der Waals surface area (Å²) in [4.78, 5) is 131. The van der Waals surface area contributed by atoms with Gasteiger partial charge in [0.25, 0.3) is 35.4 Å². The van der Waals surface area contributed by atoms with Crippen LogP contribution in [-0.2, 0) is 96.5 Å². The van der Waals surface area contributed by atoms with Crippen molar-refractivity contribution < 1.29 is 117 Å². The molecule has 0 radical (unpaired) electrons. The number of carbonyl (C=O) groups is 8. The topological polar surface area (TPSA) is 579 Å². The first-order chi connectivity index (χ1) is 70.0. The van der Waals surface area contributed by atoms with Crippen LogP contribution in [0.1, 0.15) is 209 Å². The molecule has 38 nitrogen and oxygen atoms in total. The van der Waals surface area contributed by atoms with E-state index in [1.54, 1.807) is 107 Å². The van der Waals surface area contributed by atoms with E-state index in [0.717, 1.165) is 76.0 Å². The number of azide groups is 1. The van der Waals surface area contributed by atoms with Crippen molar-refractivity contribution in [1.82, 2.24) is 45.9 Å². The Bertz CT molecular complexity index is 7320. The van der Waals surface area contributed by atoms with Crippen molar-refractivity contribution in [2.75, 3.05) is 36.8 Å². The molecule has 0 bridgehead atoms. The van der Waals surface area contributed by atoms with Gasteiger partial charge in [-0.15, -0.1) is 97.4 Å². The first kappa shape index (κ1) is 127. The summed E-state index contributed by atoms with van der Waals surface area (Å²) in [5, 5.41) is 28.8. The summed E-state index contributed by atoms with van der Waals surface area (Å²) in [7, 11) is -6.27. The maximum absolute atomic E-state index is 13.1. The molecule has 0 spiro atoms. The van der Waals surface area contributed by atoms with Crippen molar-refractivity contribution in [3.63, 3.8) is 0 Å². The zero-order valence-electron chi connectivity index (χ0n) is 80.2. The summed E-state index contributed by atoms with van der Waals surface area (Å²) in [5.41, 5.74) is 29.0. The third-order valence-electron chi connectivity index (χ3n) is 22.1. The van der Waals surface area contributed by atoms with Crippen LogP contribution in [0.3, 0.4) is 0 Å². The third kappa shape index (κ3) is 33.9. The number of thiazole rings is 6. The van der Waals surface area contributed by atoms with Gasteiger partial charge in [0.15, 0.2) is 35.2 Å². The van der Waals surface area contributed by atoms with Gasteiger partial charge in [-0.3, -0.25) is 43.3 Å². The van der Waals surface area contributed by atoms with Crippen LogP contribution in [0.15, 0.2) is 217 Å². The molecular weight excluding hydrogens is 2260 g/mol. The minimum atomic E-state index is -3.93. The Morgan fingerprint density at radius 1 is 0.547 bits per heavy atom. The maximum Gasteiger partial charge on any atom is 1.00 e. The van der Waals surface area contributed by atoms with Crippen molar-refractivity contribution in [3.05, 3.63) is 299 Å². The second-order valence-corrected chi connectivity index (χ2v) is 46.9. The Kier molecular flexibility index (Phi) is 50.6. The number of aromatic nitrogens is 6. The van der Waals surface area contributed by atoms with Crippen LogP contribution in [0, 0.1) is 0 Å². The number of ketones is 2. The summed E-state index contributed by atoms with van der Waals surface area (Å²) in [5.74, 6) is -2.42. The summed E-state index contributed by atoms with van der Waals surface area (Å²) in [6.45, 7) is 11.6. The molecule has 792 valence electrons. The van der Waals surface area contributed by atoms with E-state index >= 15 is 0 Å². The largest absolute Gasteiger partial charge is 1.00 e. The number of alkyl halides is 1. The van der Waals surface area contributed by atoms with Crippen LogP contribution in [-0.4, -0.2) is 153 Å². The van der Waals surface area contributed by atoms with E-state index in [2.05, 4.69) is 80.8 Å². The van der Waals surface area contributed by atoms with Crippen LogP contribution in [0.5, 0.6) is 0 Å². The predicted octanol–water partition coefficient (Wildman–Crippen LogP) is 18.8. The number of allylic oxidation sites excluding steroid dienone is 4. The number of nitrogens with one attached hydrogen (secondary N) is 6. The average Bonchev–Trinajstić information content (AvgIpc) is 1.64. The molecule has 56 heteroatoms. The number of benzene rings is 6. The Morgan fingerprint density at radius 2 is 0.900 bits per heavy atom. The molecule has 7 aliphatic rings. The number of anilines is 3. The molecule has 3 atom stereocenters. The number of aliphatic hydroxyl groups excluding tert-OH is 1. The number of nitrogens with zero attached hydrogens (tertiary/aromatic N) is 12. The van der Waals surface area contributed by atoms with Crippen molar-refractivity contribution in [1.29, 1.82) is 1.28 Å². The molecule has 6 aromatic heterocycles. The van der Waals surface area contributed by atoms with Gasteiger partial charge in [0.2, 0.25) is 29.5 Å². The van der Waals surface area contributed by atoms with E-state index in [1.165, 1.54) is 164 Å². The van der Waals surface area contributed by atoms with E-state index in [-0.39, 0.29) is 208 Å². The predicted molar refractivity (Wildman–Crippen MR) is 592 cm³/mol. The maximum atomic E-state index is 13.1. The van der Waals surface area contributed by atoms with Gasteiger partial charge in [-0.1, -0.05) is 110 Å². The molecule has 10 heterocycles. The standard InChI is InChI=1S/C25H25N3O6S2.C23H17N3O5S2.C18H12ClN3O4S2.C11H17BO3.C4H3Cl2NS.C4H3ClN4S.C4H5ClN2S.C2H6O.3CH4.N3.Na.H4P2/c1-33-25(34-2)10-9-16(12-25)24-27-14-17(35-24)13-26-22(29)15-7-8-21-19(11-15)28-23(30)18-5-3-4-6-20(18)36(21,31)32;27-15-7-5-14(9-15)23-25-12-16(32-23)11-24-21(28)13-6-8-20-18(10-13)26-22(29)17-3-1-2-4-19(17)33(20,30)31;19-18-21-9-11(27-18)8-20-16(23)10-5-6-15-13(7-10)22-17(24)12-3-1-2-4-14(12)28(15,25)26;1-10(2)11(3,4)15-12(14-10)8-5-6-9(13)7-8;5-1-3-2-7-4(6)8-3;5-4-7-1-3(10-4)2-8-9-6;5-4-7-2-3(1-6)8-4;1-2-3;;;;1-3-2;;1-2/h3-8,11,14,16H,9-10,12-13H2,1-2H3,(H,26,29)(H,28,30);1-4,6,8-10,12H,5,7,11H2,(H,24,28)(H,26,29);1-7,9H,8H2,(H,20,23)(H,22,24);7H,5-6H2,1-4H3;2H,1H2;1H,2H2;2H,1,6H2;3H,2H2,1H3;3*1H4;;;1-2H2/q;;;;;;;;;;;-1;+1;/i;;;;;;;;;;;;;1T. The first-order valence-corrected chi connectivity index (χ1v) is 56.9. The van der Waals surface area contributed by atoms with E-state index in [0.29, 0.717) is 56.1 Å². The van der Waals surface area contributed by atoms with Gasteiger partial charge in [-0.25, -0.2) is 55.2 Å². The number of amides is 6. The van der Waals surface area contributed by atoms with E-state index < -0.39 is 64.8 Å². The minimum absolute atomic E-state index is 0. The number of nitrogens with two attached hydrogens (primary N) is 1. The number of hydrogen-bond acceptors (Lipinski definition) is 33. The molecule has 2 fully saturated rings. The van der Waals surface area contributed by atoms with Gasteiger partial charge < -0.3 is 72.6 Å². The summed E-state index contributed by atoms with van der Waals surface area (Å²) in [6, 6.07) is 30.4. The summed E-state index contributed by atoms with van der Waals surface area (Å²) in [6.07, 6.45) is 18.2. The average molecular weight is 2370 g/mol. The van der Waals surface area contributed by atoms with Crippen molar-refractivity contribution in [3.8, 4) is 0 Å². The number of ether oxygens (including phenoxy) is 2. The second-order valence-electron chi connectivity index (χ2n) is 32.0. The SMILES string of the molecule is C.C.C.CC1(C)OB(C2=CC(=O)CC2)OC1(C)C.CCO.COC1(OC)CCC(c2ncc(CNC(=O)c3ccc4c(c3)NC(=O)c3ccccc3S4(=O)=O)s2)C1.ClCc1cnc(Cl)s1.NCc1cnc(Cl)s1.O=C(NCc1cnc(Cl)s1)c1ccc2c(c1)NC(=O)c1ccccc1S2(=O)=O.O=C1C=C(c2ncc(CNC(=O)c3ccc4c(c3)NC(=O)c3ccccc3S4(=O)=O)s2)CC1.[3H]PP.[N-]=[N+]=NCc1cnc(Cl)s1.[N-]=[N+]=[N-].[Na+]. The van der Waals surface area contributed by atoms with Crippen molar-refractivity contribution >= 4 is 250 Å². The molecule has 4 aliphatic heterocycles. The fourth-order valence-electron chi connectivity index (χ4n) is 14.3. The van der Waals surface area contributed by atoms with Crippen molar-refractivity contribution in [2.45, 2.75) is 193 Å². The molecule has 9 N–H and O–H groups in total. The van der Waals surface area contributed by atoms with E-state index in [4.69, 9.17) is 105 Å². The number of carbonyl (C=O) groups excluding carboxylic acids is 8. The first-order valence-electron chi connectivity index (χ1n) is 43.7. The molecule has 6 aromatic carbocycles. The molecule has 19 rings (SSSR count). The molecule has 3 unspecified atom stereocenters. The monoisotopic (exact) mass is 2360 g/mol. The van der Waals surface area contributed by atoms with Gasteiger partial charge in [0, 0.05) is 147 Å². The second kappa shape index (κ2) is 59.7. The van der Waals surface area contributed by atoms with Crippen molar-refractivity contribution in [2.24, 2.45) is 10.8 Å². The van der Waals surface area contributed by atoms with Crippen LogP contribution in [0.2, 0.25) is 17.9 Å². The molecular formula is C94H104BCl5N19NaO19P2S9. The number of aliphatic hydroxyl groups is 1. The number of sulfone groups is 3. The molecule has 1 saturated heterocycles. The van der Waals surface area contributed by atoms with Gasteiger partial charge in [0.1, 0.15) is 5.01 Å². The van der Waals surface area contributed by atoms with Crippen LogP contribution in [0.4, 0.5) is 17.1 Å². The quantitative estimate of drug-likeness (QED) is 0.00752. The zero-order valence-corrected chi connectivity index (χ0v) is 94.5. The Morgan fingerprint density at radius 3 is 1.23 bits per heavy atom. The summed E-state index contributed by atoms with van der Waals surface area (Å²) >= 11 is 36.0. The van der Waals surface area contributed by atoms with Gasteiger partial charge in [-0.2, -0.15) is 0 Å². The van der Waals surface area contributed by atoms with Crippen LogP contribution in [0.25, 0.3) is 32.0 Å². The smallest absolute Gasteiger partial charge is 0.400 e. The molecule has 1 saturated carbocycles. The summed E-state index contributed by atoms with van der Waals surface area (Å²) < 4.78 is 109. The van der Waals surface area contributed by atoms with Gasteiger partial charge >= 0.3 is 36.7 Å². The zero-order chi connectivity index (χ0) is 107. The number of fused-ring (bicyclic) bond motifs is 6. The number of hydrogen-bond donors (Lipinski definition) is 8. The van der Waals surface area contributed by atoms with Crippen LogP contribution < -0.4 is 67.2 Å². The minimum Gasteiger partial charge on any atom is -0.400 e. The number of methoxy groups -OCH3 is 2. The molecule has 6 amide bonds. The van der Waals surface area contributed by atoms with E-state index in [1.807, 2.05) is 27.7 Å². The number of halogens is 5. The van der Waals surface area contributed by atoms with E-state index in [9.17, 15) is 63.6 Å². The molecule has 3 aliphatic carbocycles. The normalized spacial score (nSPS) is 15.8. The van der Waals surface area contributed by atoms with Crippen LogP contribution >= 0.6 is 144 Å². The fraction of sp³-hybridized carbons (Fsp3) is 0.298. The van der Waals surface area contributed by atoms with Gasteiger partial charge in [0.05, 0.1) is 113 Å². The molecule has 150 heavy (non-hydrogen) atoms.